The predicted octanol–water partition coefficient (Wildman–Crippen LogP) is 2.58. The van der Waals surface area contributed by atoms with Crippen molar-refractivity contribution in [3.05, 3.63) is 42.2 Å². The predicted molar refractivity (Wildman–Crippen MR) is 79.1 cm³/mol. The Kier molecular flexibility index (Phi) is 5.09. The average molecular weight is 290 g/mol. The van der Waals surface area contributed by atoms with Gasteiger partial charge < -0.3 is 10.2 Å². The third-order valence-electron chi connectivity index (χ3n) is 3.48. The Balaban J connectivity index is 1.86. The highest BCUT2D eigenvalue weighted by Crippen LogP contribution is 2.20. The van der Waals surface area contributed by atoms with E-state index in [2.05, 4.69) is 11.4 Å². The number of rotatable bonds is 4. The first-order valence-corrected chi connectivity index (χ1v) is 7.01. The van der Waals surface area contributed by atoms with Crippen molar-refractivity contribution < 1.29 is 14.0 Å². The summed E-state index contributed by atoms with van der Waals surface area (Å²) in [5.74, 6) is -0.801. The van der Waals surface area contributed by atoms with Crippen LogP contribution in [-0.2, 0) is 9.59 Å². The molecule has 2 rings (SSSR count). The smallest absolute Gasteiger partial charge is 0.243 e. The first-order valence-electron chi connectivity index (χ1n) is 7.01. The van der Waals surface area contributed by atoms with Crippen LogP contribution < -0.4 is 5.32 Å². The minimum atomic E-state index is -0.411. The molecule has 112 valence electrons. The zero-order chi connectivity index (χ0) is 15.2. The number of likely N-dealkylation sites (N-methyl/N-ethyl adjacent to an activating group) is 1. The molecule has 1 N–H and O–H groups in total. The fraction of sp³-hybridized carbons (Fsp3) is 0.375. The van der Waals surface area contributed by atoms with Crippen LogP contribution in [0, 0.1) is 11.7 Å². The maximum atomic E-state index is 13.0. The van der Waals surface area contributed by atoms with Crippen molar-refractivity contribution in [2.24, 2.45) is 5.92 Å². The molecule has 0 aliphatic heterocycles. The van der Waals surface area contributed by atoms with Crippen LogP contribution in [0.1, 0.15) is 19.3 Å². The van der Waals surface area contributed by atoms with Crippen LogP contribution in [0.2, 0.25) is 0 Å². The number of carbonyl (C=O) groups excluding carboxylic acids is 2. The number of allylic oxidation sites excluding steroid dienone is 2. The maximum absolute atomic E-state index is 13.0. The molecule has 0 aromatic heterocycles. The first kappa shape index (κ1) is 15.2. The summed E-state index contributed by atoms with van der Waals surface area (Å²) in [6, 6.07) is 5.68. The Morgan fingerprint density at radius 3 is 2.86 bits per heavy atom. The summed E-state index contributed by atoms with van der Waals surface area (Å²) in [6.45, 7) is -0.0322. The van der Waals surface area contributed by atoms with Crippen LogP contribution in [0.3, 0.4) is 0 Å². The quantitative estimate of drug-likeness (QED) is 0.866. The molecule has 1 aromatic rings. The summed E-state index contributed by atoms with van der Waals surface area (Å²) in [5.41, 5.74) is 0.390. The van der Waals surface area contributed by atoms with Gasteiger partial charge in [0, 0.05) is 18.7 Å². The zero-order valence-corrected chi connectivity index (χ0v) is 12.0. The molecule has 0 heterocycles. The van der Waals surface area contributed by atoms with Crippen LogP contribution in [-0.4, -0.2) is 30.3 Å². The number of halogens is 1. The molecule has 1 aromatic carbocycles. The van der Waals surface area contributed by atoms with Gasteiger partial charge in [-0.25, -0.2) is 4.39 Å². The summed E-state index contributed by atoms with van der Waals surface area (Å²) in [5, 5.41) is 2.58. The number of anilines is 1. The second-order valence-electron chi connectivity index (χ2n) is 5.23. The highest BCUT2D eigenvalue weighted by Gasteiger charge is 2.23. The Labute approximate surface area is 123 Å². The molecule has 0 saturated heterocycles. The third kappa shape index (κ3) is 4.41. The summed E-state index contributed by atoms with van der Waals surface area (Å²) >= 11 is 0. The number of benzene rings is 1. The van der Waals surface area contributed by atoms with E-state index >= 15 is 0 Å². The lowest BCUT2D eigenvalue weighted by Gasteiger charge is -2.24. The van der Waals surface area contributed by atoms with Crippen LogP contribution in [0.4, 0.5) is 10.1 Å². The second kappa shape index (κ2) is 7.02. The summed E-state index contributed by atoms with van der Waals surface area (Å²) in [4.78, 5) is 25.5. The highest BCUT2D eigenvalue weighted by molar-refractivity contribution is 5.94. The van der Waals surface area contributed by atoms with E-state index in [-0.39, 0.29) is 24.3 Å². The molecule has 0 saturated carbocycles. The number of hydrogen-bond acceptors (Lipinski definition) is 2. The average Bonchev–Trinajstić information content (AvgIpc) is 2.47. The highest BCUT2D eigenvalue weighted by atomic mass is 19.1. The lowest BCUT2D eigenvalue weighted by molar-refractivity contribution is -0.137. The fourth-order valence-electron chi connectivity index (χ4n) is 2.39. The van der Waals surface area contributed by atoms with Gasteiger partial charge in [-0.15, -0.1) is 0 Å². The largest absolute Gasteiger partial charge is 0.336 e. The van der Waals surface area contributed by atoms with Crippen LogP contribution in [0.25, 0.3) is 0 Å². The molecule has 5 heteroatoms. The van der Waals surface area contributed by atoms with E-state index in [9.17, 15) is 14.0 Å². The third-order valence-corrected chi connectivity index (χ3v) is 3.48. The van der Waals surface area contributed by atoms with Crippen LogP contribution in [0.5, 0.6) is 0 Å². The number of nitrogens with zero attached hydrogens (tertiary/aromatic N) is 1. The molecule has 0 fully saturated rings. The topological polar surface area (TPSA) is 49.4 Å². The lowest BCUT2D eigenvalue weighted by atomic mass is 9.93. The van der Waals surface area contributed by atoms with E-state index in [1.54, 1.807) is 13.1 Å². The van der Waals surface area contributed by atoms with E-state index in [1.165, 1.54) is 23.1 Å². The zero-order valence-electron chi connectivity index (χ0n) is 12.0. The summed E-state index contributed by atoms with van der Waals surface area (Å²) in [7, 11) is 1.62. The summed E-state index contributed by atoms with van der Waals surface area (Å²) in [6.07, 6.45) is 6.53. The number of hydrogen-bond donors (Lipinski definition) is 1. The van der Waals surface area contributed by atoms with E-state index in [1.807, 2.05) is 6.08 Å². The molecular weight excluding hydrogens is 271 g/mol. The van der Waals surface area contributed by atoms with E-state index in [0.717, 1.165) is 19.3 Å². The molecule has 0 spiro atoms. The van der Waals surface area contributed by atoms with Gasteiger partial charge in [0.1, 0.15) is 5.82 Å². The summed E-state index contributed by atoms with van der Waals surface area (Å²) < 4.78 is 13.0. The van der Waals surface area contributed by atoms with E-state index in [0.29, 0.717) is 5.69 Å². The number of carbonyl (C=O) groups is 2. The molecule has 1 unspecified atom stereocenters. The van der Waals surface area contributed by atoms with Gasteiger partial charge in [-0.3, -0.25) is 9.59 Å². The van der Waals surface area contributed by atoms with Gasteiger partial charge in [0.2, 0.25) is 11.8 Å². The van der Waals surface area contributed by atoms with Gasteiger partial charge in [0.15, 0.2) is 0 Å². The van der Waals surface area contributed by atoms with E-state index < -0.39 is 5.82 Å². The molecule has 1 aliphatic carbocycles. The monoisotopic (exact) mass is 290 g/mol. The molecule has 0 radical (unpaired) electrons. The number of amides is 2. The SMILES string of the molecule is CN(CC(=O)Nc1cccc(F)c1)C(=O)C1CC=CCC1. The van der Waals surface area contributed by atoms with Gasteiger partial charge in [-0.2, -0.15) is 0 Å². The second-order valence-corrected chi connectivity index (χ2v) is 5.23. The number of nitrogens with one attached hydrogen (secondary N) is 1. The Morgan fingerprint density at radius 1 is 1.38 bits per heavy atom. The molecule has 4 nitrogen and oxygen atoms in total. The van der Waals surface area contributed by atoms with Crippen molar-refractivity contribution in [2.75, 3.05) is 18.9 Å². The van der Waals surface area contributed by atoms with Gasteiger partial charge in [0.05, 0.1) is 6.54 Å². The minimum Gasteiger partial charge on any atom is -0.336 e. The van der Waals surface area contributed by atoms with E-state index in [4.69, 9.17) is 0 Å². The van der Waals surface area contributed by atoms with Crippen molar-refractivity contribution in [2.45, 2.75) is 19.3 Å². The van der Waals surface area contributed by atoms with Gasteiger partial charge in [-0.05, 0) is 37.5 Å². The molecule has 1 aliphatic rings. The first-order chi connectivity index (χ1) is 10.1. The normalized spacial score (nSPS) is 17.3. The Morgan fingerprint density at radius 2 is 2.19 bits per heavy atom. The van der Waals surface area contributed by atoms with Crippen molar-refractivity contribution in [3.63, 3.8) is 0 Å². The standard InChI is InChI=1S/C16H19FN2O2/c1-19(16(21)12-6-3-2-4-7-12)11-15(20)18-14-9-5-8-13(17)10-14/h2-3,5,8-10,12H,4,6-7,11H2,1H3,(H,18,20). The Hall–Kier alpha value is -2.17. The molecule has 1 atom stereocenters. The molecule has 0 bridgehead atoms. The minimum absolute atomic E-state index is 0.0197. The van der Waals surface area contributed by atoms with Crippen LogP contribution >= 0.6 is 0 Å². The molecular formula is C16H19FN2O2. The van der Waals surface area contributed by atoms with Gasteiger partial charge in [0.25, 0.3) is 0 Å². The lowest BCUT2D eigenvalue weighted by Crippen LogP contribution is -2.38. The maximum Gasteiger partial charge on any atom is 0.243 e. The molecule has 2 amide bonds. The fourth-order valence-corrected chi connectivity index (χ4v) is 2.39. The van der Waals surface area contributed by atoms with Crippen molar-refractivity contribution in [3.8, 4) is 0 Å². The van der Waals surface area contributed by atoms with Gasteiger partial charge >= 0.3 is 0 Å². The van der Waals surface area contributed by atoms with Crippen molar-refractivity contribution in [1.82, 2.24) is 4.90 Å². The Bertz CT molecular complexity index is 557. The van der Waals surface area contributed by atoms with Crippen LogP contribution in [0.15, 0.2) is 36.4 Å². The van der Waals surface area contributed by atoms with Crippen molar-refractivity contribution in [1.29, 1.82) is 0 Å². The van der Waals surface area contributed by atoms with Gasteiger partial charge in [-0.1, -0.05) is 18.2 Å². The van der Waals surface area contributed by atoms with Crippen molar-refractivity contribution >= 4 is 17.5 Å². The molecule has 21 heavy (non-hydrogen) atoms.